The second-order valence-electron chi connectivity index (χ2n) is 8.04. The van der Waals surface area contributed by atoms with Crippen LogP contribution in [-0.2, 0) is 28.4 Å². The van der Waals surface area contributed by atoms with Crippen LogP contribution >= 0.6 is 0 Å². The highest BCUT2D eigenvalue weighted by molar-refractivity contribution is 5.68. The van der Waals surface area contributed by atoms with Gasteiger partial charge in [-0.05, 0) is 50.1 Å². The van der Waals surface area contributed by atoms with Gasteiger partial charge >= 0.3 is 18.4 Å². The van der Waals surface area contributed by atoms with Gasteiger partial charge in [0.05, 0.1) is 30.4 Å². The summed E-state index contributed by atoms with van der Waals surface area (Å²) in [5.74, 6) is 0. The number of amides is 1. The van der Waals surface area contributed by atoms with Crippen molar-refractivity contribution >= 4 is 6.09 Å². The lowest BCUT2D eigenvalue weighted by molar-refractivity contribution is -0.143. The molecule has 0 heterocycles. The summed E-state index contributed by atoms with van der Waals surface area (Å²) in [5.41, 5.74) is -3.28. The topological polar surface area (TPSA) is 47.6 Å². The lowest BCUT2D eigenvalue weighted by atomic mass is 10.0. The average molecular weight is 463 g/mol. The van der Waals surface area contributed by atoms with E-state index in [-0.39, 0.29) is 18.2 Å². The van der Waals surface area contributed by atoms with Crippen LogP contribution in [-0.4, -0.2) is 18.3 Å². The number of alkyl halides is 6. The van der Waals surface area contributed by atoms with Crippen LogP contribution in [0, 0.1) is 0 Å². The molecule has 2 aromatic carbocycles. The number of hydrogen-bond acceptors (Lipinski definition) is 3. The number of alkyl carbamates (subject to hydrolysis) is 1. The SMILES string of the molecule is CC(C)(C)OC(=O)NC(COCc1cc(C(F)(F)F)cc(C(F)(F)F)c1)c1ccccc1. The molecule has 1 N–H and O–H groups in total. The number of carbonyl (C=O) groups excluding carboxylic acids is 1. The lowest BCUT2D eigenvalue weighted by Gasteiger charge is -2.24. The molecule has 0 fully saturated rings. The van der Waals surface area contributed by atoms with Gasteiger partial charge in [0.25, 0.3) is 0 Å². The molecule has 0 aliphatic carbocycles. The zero-order valence-electron chi connectivity index (χ0n) is 17.6. The Morgan fingerprint density at radius 2 is 1.44 bits per heavy atom. The van der Waals surface area contributed by atoms with E-state index in [0.29, 0.717) is 17.7 Å². The van der Waals surface area contributed by atoms with Gasteiger partial charge in [0, 0.05) is 0 Å². The van der Waals surface area contributed by atoms with Crippen LogP contribution in [0.3, 0.4) is 0 Å². The van der Waals surface area contributed by atoms with Crippen LogP contribution in [0.25, 0.3) is 0 Å². The van der Waals surface area contributed by atoms with Crippen LogP contribution in [0.4, 0.5) is 31.1 Å². The number of benzene rings is 2. The molecule has 10 heteroatoms. The van der Waals surface area contributed by atoms with Crippen molar-refractivity contribution in [1.29, 1.82) is 0 Å². The summed E-state index contributed by atoms with van der Waals surface area (Å²) in [6.45, 7) is 4.29. The van der Waals surface area contributed by atoms with E-state index in [4.69, 9.17) is 9.47 Å². The summed E-state index contributed by atoms with van der Waals surface area (Å²) >= 11 is 0. The first kappa shape index (κ1) is 25.5. The van der Waals surface area contributed by atoms with Crippen molar-refractivity contribution in [3.05, 3.63) is 70.8 Å². The van der Waals surface area contributed by atoms with E-state index < -0.39 is 47.8 Å². The molecule has 1 atom stereocenters. The minimum Gasteiger partial charge on any atom is -0.444 e. The van der Waals surface area contributed by atoms with Crippen LogP contribution in [0.2, 0.25) is 0 Å². The molecule has 0 aliphatic rings. The van der Waals surface area contributed by atoms with E-state index in [9.17, 15) is 31.1 Å². The smallest absolute Gasteiger partial charge is 0.416 e. The van der Waals surface area contributed by atoms with E-state index in [1.54, 1.807) is 51.1 Å². The summed E-state index contributed by atoms with van der Waals surface area (Å²) < 4.78 is 88.7. The second-order valence-corrected chi connectivity index (χ2v) is 8.04. The Morgan fingerprint density at radius 3 is 1.91 bits per heavy atom. The molecule has 4 nitrogen and oxygen atoms in total. The highest BCUT2D eigenvalue weighted by Gasteiger charge is 2.36. The minimum absolute atomic E-state index is 0.0559. The van der Waals surface area contributed by atoms with Crippen molar-refractivity contribution in [1.82, 2.24) is 5.32 Å². The van der Waals surface area contributed by atoms with E-state index in [1.165, 1.54) is 0 Å². The molecule has 2 aromatic rings. The molecule has 0 radical (unpaired) electrons. The van der Waals surface area contributed by atoms with Crippen LogP contribution < -0.4 is 5.32 Å². The molecule has 0 aliphatic heterocycles. The molecule has 0 spiro atoms. The number of rotatable bonds is 6. The third kappa shape index (κ3) is 8.07. The van der Waals surface area contributed by atoms with E-state index in [1.807, 2.05) is 0 Å². The van der Waals surface area contributed by atoms with Gasteiger partial charge in [-0.1, -0.05) is 30.3 Å². The predicted octanol–water partition coefficient (Wildman–Crippen LogP) is 6.51. The van der Waals surface area contributed by atoms with Gasteiger partial charge < -0.3 is 14.8 Å². The van der Waals surface area contributed by atoms with Crippen molar-refractivity contribution in [3.63, 3.8) is 0 Å². The van der Waals surface area contributed by atoms with Crippen molar-refractivity contribution in [2.45, 2.75) is 51.4 Å². The van der Waals surface area contributed by atoms with Gasteiger partial charge in [-0.3, -0.25) is 0 Å². The van der Waals surface area contributed by atoms with Gasteiger partial charge in [-0.15, -0.1) is 0 Å². The van der Waals surface area contributed by atoms with Crippen molar-refractivity contribution in [2.75, 3.05) is 6.61 Å². The first-order valence-electron chi connectivity index (χ1n) is 9.56. The molecule has 1 unspecified atom stereocenters. The summed E-state index contributed by atoms with van der Waals surface area (Å²) in [6, 6.07) is 9.08. The van der Waals surface area contributed by atoms with Gasteiger partial charge in [-0.25, -0.2) is 4.79 Å². The Morgan fingerprint density at radius 1 is 0.906 bits per heavy atom. The Labute approximate surface area is 181 Å². The zero-order valence-corrected chi connectivity index (χ0v) is 17.6. The second kappa shape index (κ2) is 9.81. The average Bonchev–Trinajstić information content (AvgIpc) is 2.65. The third-order valence-electron chi connectivity index (χ3n) is 4.09. The number of halogens is 6. The van der Waals surface area contributed by atoms with Gasteiger partial charge in [-0.2, -0.15) is 26.3 Å². The maximum Gasteiger partial charge on any atom is 0.416 e. The molecule has 0 saturated heterocycles. The van der Waals surface area contributed by atoms with E-state index in [2.05, 4.69) is 5.32 Å². The Bertz CT molecular complexity index is 872. The molecule has 176 valence electrons. The van der Waals surface area contributed by atoms with Gasteiger partial charge in [0.2, 0.25) is 0 Å². The Hall–Kier alpha value is -2.75. The fourth-order valence-electron chi connectivity index (χ4n) is 2.75. The molecular weight excluding hydrogens is 440 g/mol. The fourth-order valence-corrected chi connectivity index (χ4v) is 2.75. The van der Waals surface area contributed by atoms with Gasteiger partial charge in [0.1, 0.15) is 5.60 Å². The first-order chi connectivity index (χ1) is 14.6. The van der Waals surface area contributed by atoms with Crippen molar-refractivity contribution in [3.8, 4) is 0 Å². The number of ether oxygens (including phenoxy) is 2. The number of carbonyl (C=O) groups is 1. The summed E-state index contributed by atoms with van der Waals surface area (Å²) in [5, 5.41) is 2.60. The monoisotopic (exact) mass is 463 g/mol. The molecule has 1 amide bonds. The number of nitrogens with one attached hydrogen (secondary N) is 1. The zero-order chi connectivity index (χ0) is 24.2. The summed E-state index contributed by atoms with van der Waals surface area (Å²) in [6.07, 6.45) is -10.6. The maximum atomic E-state index is 13.0. The largest absolute Gasteiger partial charge is 0.444 e. The molecule has 2 rings (SSSR count). The fraction of sp³-hybridized carbons (Fsp3) is 0.409. The van der Waals surface area contributed by atoms with Crippen molar-refractivity contribution in [2.24, 2.45) is 0 Å². The van der Waals surface area contributed by atoms with Crippen LogP contribution in [0.1, 0.15) is 49.1 Å². The minimum atomic E-state index is -4.94. The highest BCUT2D eigenvalue weighted by Crippen LogP contribution is 2.36. The van der Waals surface area contributed by atoms with E-state index >= 15 is 0 Å². The Kier molecular flexibility index (Phi) is 7.82. The molecule has 0 bridgehead atoms. The predicted molar refractivity (Wildman–Crippen MR) is 105 cm³/mol. The van der Waals surface area contributed by atoms with E-state index in [0.717, 1.165) is 0 Å². The van der Waals surface area contributed by atoms with Crippen LogP contribution in [0.5, 0.6) is 0 Å². The molecule has 0 aromatic heterocycles. The van der Waals surface area contributed by atoms with Crippen molar-refractivity contribution < 1.29 is 40.6 Å². The normalized spacial score (nSPS) is 13.5. The molecular formula is C22H23F6NO3. The number of hydrogen-bond donors (Lipinski definition) is 1. The molecule has 32 heavy (non-hydrogen) atoms. The molecule has 0 saturated carbocycles. The summed E-state index contributed by atoms with van der Waals surface area (Å²) in [7, 11) is 0. The summed E-state index contributed by atoms with van der Waals surface area (Å²) in [4.78, 5) is 12.1. The lowest BCUT2D eigenvalue weighted by Crippen LogP contribution is -2.36. The highest BCUT2D eigenvalue weighted by atomic mass is 19.4. The Balaban J connectivity index is 2.17. The van der Waals surface area contributed by atoms with Crippen LogP contribution in [0.15, 0.2) is 48.5 Å². The quantitative estimate of drug-likeness (QED) is 0.497. The maximum absolute atomic E-state index is 13.0. The third-order valence-corrected chi connectivity index (χ3v) is 4.09. The standard InChI is InChI=1S/C22H23F6NO3/c1-20(2,3)32-19(30)29-18(15-7-5-4-6-8-15)13-31-12-14-9-16(21(23,24)25)11-17(10-14)22(26,27)28/h4-11,18H,12-13H2,1-3H3,(H,29,30). The first-order valence-corrected chi connectivity index (χ1v) is 9.56. The van der Waals surface area contributed by atoms with Gasteiger partial charge in [0.15, 0.2) is 0 Å².